The lowest BCUT2D eigenvalue weighted by Crippen LogP contribution is -2.23. The fourth-order valence-electron chi connectivity index (χ4n) is 1.95. The summed E-state index contributed by atoms with van der Waals surface area (Å²) >= 11 is 3.41. The van der Waals surface area contributed by atoms with Crippen molar-refractivity contribution < 1.29 is 9.53 Å². The zero-order valence-corrected chi connectivity index (χ0v) is 13.5. The molecule has 0 aliphatic rings. The molecule has 4 heteroatoms. The van der Waals surface area contributed by atoms with Crippen LogP contribution in [-0.2, 0) is 16.8 Å². The molecule has 2 rings (SSSR count). The van der Waals surface area contributed by atoms with Crippen LogP contribution in [0, 0.1) is 0 Å². The van der Waals surface area contributed by atoms with E-state index in [1.54, 1.807) is 10.8 Å². The smallest absolute Gasteiger partial charge is 0.418 e. The highest BCUT2D eigenvalue weighted by Crippen LogP contribution is 2.27. The molecular weight excluding hydrogens is 318 g/mol. The SMILES string of the molecule is CC(C)(C)c1cc(Br)cn1C(=O)OCc1ccccc1. The summed E-state index contributed by atoms with van der Waals surface area (Å²) in [6, 6.07) is 11.6. The molecule has 106 valence electrons. The molecule has 1 aromatic heterocycles. The Morgan fingerprint density at radius 2 is 1.90 bits per heavy atom. The Morgan fingerprint density at radius 1 is 1.25 bits per heavy atom. The van der Waals surface area contributed by atoms with E-state index >= 15 is 0 Å². The summed E-state index contributed by atoms with van der Waals surface area (Å²) in [5, 5.41) is 0. The quantitative estimate of drug-likeness (QED) is 0.794. The summed E-state index contributed by atoms with van der Waals surface area (Å²) in [7, 11) is 0. The summed E-state index contributed by atoms with van der Waals surface area (Å²) in [6.07, 6.45) is 1.39. The topological polar surface area (TPSA) is 31.2 Å². The molecule has 0 amide bonds. The molecule has 0 atom stereocenters. The Labute approximate surface area is 127 Å². The second-order valence-electron chi connectivity index (χ2n) is 5.70. The van der Waals surface area contributed by atoms with Gasteiger partial charge in [-0.25, -0.2) is 4.79 Å². The fourth-order valence-corrected chi connectivity index (χ4v) is 2.37. The number of hydrogen-bond donors (Lipinski definition) is 0. The third-order valence-electron chi connectivity index (χ3n) is 2.96. The largest absolute Gasteiger partial charge is 0.444 e. The molecule has 0 saturated heterocycles. The molecule has 0 aliphatic carbocycles. The van der Waals surface area contributed by atoms with Gasteiger partial charge in [-0.1, -0.05) is 51.1 Å². The van der Waals surface area contributed by atoms with Gasteiger partial charge in [-0.05, 0) is 27.6 Å². The maximum atomic E-state index is 12.2. The van der Waals surface area contributed by atoms with Crippen molar-refractivity contribution in [2.75, 3.05) is 0 Å². The van der Waals surface area contributed by atoms with Gasteiger partial charge in [-0.3, -0.25) is 4.57 Å². The predicted octanol–water partition coefficient (Wildman–Crippen LogP) is 4.73. The van der Waals surface area contributed by atoms with E-state index in [1.165, 1.54) is 0 Å². The van der Waals surface area contributed by atoms with Crippen molar-refractivity contribution in [1.29, 1.82) is 0 Å². The van der Waals surface area contributed by atoms with Crippen LogP contribution in [0.2, 0.25) is 0 Å². The fraction of sp³-hybridized carbons (Fsp3) is 0.312. The van der Waals surface area contributed by atoms with Crippen LogP contribution in [0.1, 0.15) is 32.0 Å². The summed E-state index contributed by atoms with van der Waals surface area (Å²) in [6.45, 7) is 6.47. The van der Waals surface area contributed by atoms with Gasteiger partial charge in [0, 0.05) is 21.8 Å². The molecule has 0 radical (unpaired) electrons. The van der Waals surface area contributed by atoms with E-state index in [2.05, 4.69) is 36.7 Å². The van der Waals surface area contributed by atoms with Crippen LogP contribution in [0.3, 0.4) is 0 Å². The average Bonchev–Trinajstić information content (AvgIpc) is 2.79. The third-order valence-corrected chi connectivity index (χ3v) is 3.39. The van der Waals surface area contributed by atoms with E-state index in [9.17, 15) is 4.79 Å². The molecule has 0 spiro atoms. The van der Waals surface area contributed by atoms with Crippen LogP contribution in [-0.4, -0.2) is 10.7 Å². The number of halogens is 1. The molecule has 0 fully saturated rings. The Balaban J connectivity index is 2.14. The van der Waals surface area contributed by atoms with Crippen molar-refractivity contribution in [2.45, 2.75) is 32.8 Å². The molecule has 2 aromatic rings. The maximum Gasteiger partial charge on any atom is 0.418 e. The van der Waals surface area contributed by atoms with Crippen molar-refractivity contribution in [3.05, 3.63) is 58.3 Å². The zero-order chi connectivity index (χ0) is 14.8. The Hall–Kier alpha value is -1.55. The minimum atomic E-state index is -0.357. The van der Waals surface area contributed by atoms with E-state index in [4.69, 9.17) is 4.74 Å². The molecule has 0 N–H and O–H groups in total. The van der Waals surface area contributed by atoms with E-state index in [1.807, 2.05) is 36.4 Å². The van der Waals surface area contributed by atoms with Gasteiger partial charge in [-0.2, -0.15) is 0 Å². The second kappa shape index (κ2) is 5.83. The summed E-state index contributed by atoms with van der Waals surface area (Å²) in [5.74, 6) is 0. The minimum absolute atomic E-state index is 0.127. The number of nitrogens with zero attached hydrogens (tertiary/aromatic N) is 1. The standard InChI is InChI=1S/C16H18BrNO2/c1-16(2,3)14-9-13(17)10-18(14)15(19)20-11-12-7-5-4-6-8-12/h4-10H,11H2,1-3H3. The lowest BCUT2D eigenvalue weighted by molar-refractivity contribution is 0.139. The van der Waals surface area contributed by atoms with Crippen LogP contribution >= 0.6 is 15.9 Å². The summed E-state index contributed by atoms with van der Waals surface area (Å²) in [4.78, 5) is 12.2. The minimum Gasteiger partial charge on any atom is -0.444 e. The number of ether oxygens (including phenoxy) is 1. The van der Waals surface area contributed by atoms with E-state index in [0.29, 0.717) is 0 Å². The lowest BCUT2D eigenvalue weighted by atomic mass is 9.92. The number of hydrogen-bond acceptors (Lipinski definition) is 2. The lowest BCUT2D eigenvalue weighted by Gasteiger charge is -2.20. The van der Waals surface area contributed by atoms with Crippen LogP contribution in [0.25, 0.3) is 0 Å². The van der Waals surface area contributed by atoms with Gasteiger partial charge in [0.15, 0.2) is 0 Å². The van der Waals surface area contributed by atoms with Crippen LogP contribution in [0.15, 0.2) is 47.1 Å². The second-order valence-corrected chi connectivity index (χ2v) is 6.62. The Morgan fingerprint density at radius 3 is 2.50 bits per heavy atom. The first-order valence-corrected chi connectivity index (χ1v) is 7.26. The molecular formula is C16H18BrNO2. The number of aromatic nitrogens is 1. The predicted molar refractivity (Wildman–Crippen MR) is 82.9 cm³/mol. The highest BCUT2D eigenvalue weighted by atomic mass is 79.9. The van der Waals surface area contributed by atoms with Crippen molar-refractivity contribution in [1.82, 2.24) is 4.57 Å². The Bertz CT molecular complexity index is 597. The summed E-state index contributed by atoms with van der Waals surface area (Å²) in [5.41, 5.74) is 1.77. The highest BCUT2D eigenvalue weighted by Gasteiger charge is 2.23. The van der Waals surface area contributed by atoms with E-state index in [0.717, 1.165) is 15.7 Å². The van der Waals surface area contributed by atoms with Crippen LogP contribution in [0.5, 0.6) is 0 Å². The maximum absolute atomic E-state index is 12.2. The molecule has 20 heavy (non-hydrogen) atoms. The van der Waals surface area contributed by atoms with Gasteiger partial charge in [0.2, 0.25) is 0 Å². The van der Waals surface area contributed by atoms with E-state index < -0.39 is 0 Å². The number of benzene rings is 1. The first kappa shape index (κ1) is 14.9. The monoisotopic (exact) mass is 335 g/mol. The average molecular weight is 336 g/mol. The van der Waals surface area contributed by atoms with Crippen molar-refractivity contribution in [3.8, 4) is 0 Å². The number of carbonyl (C=O) groups is 1. The van der Waals surface area contributed by atoms with Crippen LogP contribution in [0.4, 0.5) is 4.79 Å². The normalized spacial score (nSPS) is 11.4. The van der Waals surface area contributed by atoms with Gasteiger partial charge in [0.25, 0.3) is 0 Å². The van der Waals surface area contributed by atoms with Crippen molar-refractivity contribution >= 4 is 22.0 Å². The first-order valence-electron chi connectivity index (χ1n) is 6.47. The van der Waals surface area contributed by atoms with Gasteiger partial charge < -0.3 is 4.74 Å². The van der Waals surface area contributed by atoms with E-state index in [-0.39, 0.29) is 18.1 Å². The molecule has 0 bridgehead atoms. The molecule has 1 heterocycles. The molecule has 0 saturated carbocycles. The van der Waals surface area contributed by atoms with Gasteiger partial charge in [0.05, 0.1) is 0 Å². The first-order chi connectivity index (χ1) is 9.38. The molecule has 1 aromatic carbocycles. The molecule has 3 nitrogen and oxygen atoms in total. The van der Waals surface area contributed by atoms with Crippen molar-refractivity contribution in [3.63, 3.8) is 0 Å². The van der Waals surface area contributed by atoms with Gasteiger partial charge >= 0.3 is 6.09 Å². The number of rotatable bonds is 2. The zero-order valence-electron chi connectivity index (χ0n) is 11.9. The number of carbonyl (C=O) groups excluding carboxylic acids is 1. The van der Waals surface area contributed by atoms with Crippen molar-refractivity contribution in [2.24, 2.45) is 0 Å². The van der Waals surface area contributed by atoms with Gasteiger partial charge in [0.1, 0.15) is 6.61 Å². The van der Waals surface area contributed by atoms with Crippen LogP contribution < -0.4 is 0 Å². The summed E-state index contributed by atoms with van der Waals surface area (Å²) < 4.78 is 7.80. The molecule has 0 aliphatic heterocycles. The van der Waals surface area contributed by atoms with Gasteiger partial charge in [-0.15, -0.1) is 0 Å². The highest BCUT2D eigenvalue weighted by molar-refractivity contribution is 9.10. The third kappa shape index (κ3) is 3.51. The Kier molecular flexibility index (Phi) is 4.33. The molecule has 0 unspecified atom stereocenters.